The van der Waals surface area contributed by atoms with Gasteiger partial charge in [-0.15, -0.1) is 0 Å². The number of carbonyl (C=O) groups is 1. The zero-order valence-corrected chi connectivity index (χ0v) is 17.4. The molecule has 6 nitrogen and oxygen atoms in total. The topological polar surface area (TPSA) is 88.2 Å². The summed E-state index contributed by atoms with van der Waals surface area (Å²) in [5, 5.41) is 2.81. The van der Waals surface area contributed by atoms with Crippen LogP contribution in [0, 0.1) is 20.8 Å². The molecule has 0 unspecified atom stereocenters. The summed E-state index contributed by atoms with van der Waals surface area (Å²) in [4.78, 5) is 17.0. The van der Waals surface area contributed by atoms with Crippen LogP contribution in [0.25, 0.3) is 0 Å². The van der Waals surface area contributed by atoms with Crippen LogP contribution in [-0.2, 0) is 16.6 Å². The lowest BCUT2D eigenvalue weighted by Crippen LogP contribution is -2.25. The van der Waals surface area contributed by atoms with E-state index in [1.807, 2.05) is 38.1 Å². The first kappa shape index (κ1) is 20.5. The molecule has 3 aromatic rings. The van der Waals surface area contributed by atoms with Crippen molar-refractivity contribution < 1.29 is 13.2 Å². The van der Waals surface area contributed by atoms with Crippen molar-refractivity contribution in [2.45, 2.75) is 32.2 Å². The molecule has 0 aliphatic carbocycles. The summed E-state index contributed by atoms with van der Waals surface area (Å²) in [6.45, 7) is 5.88. The number of aromatic nitrogens is 1. The number of hydrogen-bond acceptors (Lipinski definition) is 4. The number of carbonyl (C=O) groups excluding carboxylic acids is 1. The summed E-state index contributed by atoms with van der Waals surface area (Å²) < 4.78 is 28.0. The smallest absolute Gasteiger partial charge is 0.261 e. The van der Waals surface area contributed by atoms with Crippen LogP contribution in [0.4, 0.5) is 5.69 Å². The van der Waals surface area contributed by atoms with Gasteiger partial charge in [0.25, 0.3) is 15.9 Å². The second-order valence-electron chi connectivity index (χ2n) is 6.90. The Morgan fingerprint density at radius 3 is 2.38 bits per heavy atom. The van der Waals surface area contributed by atoms with Crippen LogP contribution >= 0.6 is 0 Å². The molecular formula is C22H23N3O3S. The monoisotopic (exact) mass is 409 g/mol. The summed E-state index contributed by atoms with van der Waals surface area (Å²) in [6, 6.07) is 15.3. The molecule has 150 valence electrons. The van der Waals surface area contributed by atoms with Gasteiger partial charge in [0.05, 0.1) is 17.1 Å². The molecular weight excluding hydrogens is 386 g/mol. The fourth-order valence-electron chi connectivity index (χ4n) is 2.81. The molecule has 7 heteroatoms. The van der Waals surface area contributed by atoms with Crippen molar-refractivity contribution in [2.24, 2.45) is 0 Å². The average molecular weight is 410 g/mol. The standard InChI is InChI=1S/C22H23N3O3S/c1-15-6-9-18(10-7-15)25-29(27,28)19-11-8-16(2)20(13-19)22(26)24-14-21-17(3)5-4-12-23-21/h4-13,25H,14H2,1-3H3,(H,24,26). The summed E-state index contributed by atoms with van der Waals surface area (Å²) in [7, 11) is -3.82. The van der Waals surface area contributed by atoms with E-state index in [0.717, 1.165) is 16.8 Å². The molecule has 0 bridgehead atoms. The molecule has 29 heavy (non-hydrogen) atoms. The number of benzene rings is 2. The van der Waals surface area contributed by atoms with Crippen molar-refractivity contribution in [1.82, 2.24) is 10.3 Å². The quantitative estimate of drug-likeness (QED) is 0.649. The minimum Gasteiger partial charge on any atom is -0.346 e. The number of rotatable bonds is 6. The average Bonchev–Trinajstić information content (AvgIpc) is 2.69. The molecule has 0 saturated heterocycles. The Bertz CT molecular complexity index is 1140. The number of amides is 1. The highest BCUT2D eigenvalue weighted by Gasteiger charge is 2.18. The van der Waals surface area contributed by atoms with E-state index >= 15 is 0 Å². The number of sulfonamides is 1. The number of pyridine rings is 1. The van der Waals surface area contributed by atoms with Gasteiger partial charge in [-0.05, 0) is 62.2 Å². The number of aryl methyl sites for hydroxylation is 3. The summed E-state index contributed by atoms with van der Waals surface area (Å²) in [5.74, 6) is -0.347. The van der Waals surface area contributed by atoms with Gasteiger partial charge in [0.15, 0.2) is 0 Å². The van der Waals surface area contributed by atoms with Crippen molar-refractivity contribution in [3.05, 3.63) is 88.7 Å². The van der Waals surface area contributed by atoms with E-state index < -0.39 is 10.0 Å². The number of anilines is 1. The van der Waals surface area contributed by atoms with E-state index in [-0.39, 0.29) is 17.3 Å². The third kappa shape index (κ3) is 5.00. The third-order valence-electron chi connectivity index (χ3n) is 4.60. The molecule has 2 N–H and O–H groups in total. The Hall–Kier alpha value is -3.19. The van der Waals surface area contributed by atoms with Crippen molar-refractivity contribution in [2.75, 3.05) is 4.72 Å². The first-order valence-electron chi connectivity index (χ1n) is 9.15. The highest BCUT2D eigenvalue weighted by atomic mass is 32.2. The van der Waals surface area contributed by atoms with Gasteiger partial charge in [0.2, 0.25) is 0 Å². The number of nitrogens with zero attached hydrogens (tertiary/aromatic N) is 1. The molecule has 0 radical (unpaired) electrons. The first-order chi connectivity index (χ1) is 13.8. The predicted molar refractivity (Wildman–Crippen MR) is 113 cm³/mol. The van der Waals surface area contributed by atoms with Crippen LogP contribution in [0.2, 0.25) is 0 Å². The minimum atomic E-state index is -3.82. The van der Waals surface area contributed by atoms with Gasteiger partial charge < -0.3 is 5.32 Å². The summed E-state index contributed by atoms with van der Waals surface area (Å²) >= 11 is 0. The van der Waals surface area contributed by atoms with Gasteiger partial charge in [-0.2, -0.15) is 0 Å². The third-order valence-corrected chi connectivity index (χ3v) is 5.98. The zero-order valence-electron chi connectivity index (χ0n) is 16.6. The first-order valence-corrected chi connectivity index (χ1v) is 10.6. The van der Waals surface area contributed by atoms with Gasteiger partial charge in [0.1, 0.15) is 0 Å². The normalized spacial score (nSPS) is 11.1. The fourth-order valence-corrected chi connectivity index (χ4v) is 3.90. The molecule has 0 spiro atoms. The van der Waals surface area contributed by atoms with Gasteiger partial charge in [-0.25, -0.2) is 8.42 Å². The van der Waals surface area contributed by atoms with Crippen LogP contribution in [0.1, 0.15) is 32.7 Å². The van der Waals surface area contributed by atoms with E-state index in [9.17, 15) is 13.2 Å². The van der Waals surface area contributed by atoms with E-state index in [4.69, 9.17) is 0 Å². The maximum absolute atomic E-state index is 12.7. The molecule has 3 rings (SSSR count). The van der Waals surface area contributed by atoms with Crippen LogP contribution < -0.4 is 10.0 Å². The highest BCUT2D eigenvalue weighted by molar-refractivity contribution is 7.92. The maximum atomic E-state index is 12.7. The Labute approximate surface area is 171 Å². The van der Waals surface area contributed by atoms with E-state index in [2.05, 4.69) is 15.0 Å². The molecule has 0 aliphatic rings. The minimum absolute atomic E-state index is 0.0304. The van der Waals surface area contributed by atoms with Gasteiger partial charge in [0, 0.05) is 17.4 Å². The molecule has 0 saturated carbocycles. The molecule has 1 aromatic heterocycles. The van der Waals surface area contributed by atoms with E-state index in [0.29, 0.717) is 16.8 Å². The molecule has 0 fully saturated rings. The van der Waals surface area contributed by atoms with Crippen molar-refractivity contribution in [3.8, 4) is 0 Å². The van der Waals surface area contributed by atoms with Gasteiger partial charge >= 0.3 is 0 Å². The Kier molecular flexibility index (Phi) is 5.98. The molecule has 1 heterocycles. The Morgan fingerprint density at radius 1 is 0.966 bits per heavy atom. The molecule has 0 atom stereocenters. The second kappa shape index (κ2) is 8.45. The number of hydrogen-bond donors (Lipinski definition) is 2. The van der Waals surface area contributed by atoms with Crippen molar-refractivity contribution >= 4 is 21.6 Å². The number of nitrogens with one attached hydrogen (secondary N) is 2. The second-order valence-corrected chi connectivity index (χ2v) is 8.58. The van der Waals surface area contributed by atoms with E-state index in [1.54, 1.807) is 31.3 Å². The molecule has 0 aliphatic heterocycles. The van der Waals surface area contributed by atoms with Crippen molar-refractivity contribution in [3.63, 3.8) is 0 Å². The SMILES string of the molecule is Cc1ccc(NS(=O)(=O)c2ccc(C)c(C(=O)NCc3ncccc3C)c2)cc1. The lowest BCUT2D eigenvalue weighted by atomic mass is 10.1. The lowest BCUT2D eigenvalue weighted by Gasteiger charge is -2.12. The highest BCUT2D eigenvalue weighted by Crippen LogP contribution is 2.20. The zero-order chi connectivity index (χ0) is 21.0. The van der Waals surface area contributed by atoms with Crippen LogP contribution in [0.3, 0.4) is 0 Å². The molecule has 1 amide bonds. The van der Waals surface area contributed by atoms with Crippen LogP contribution in [0.5, 0.6) is 0 Å². The van der Waals surface area contributed by atoms with Gasteiger partial charge in [-0.3, -0.25) is 14.5 Å². The Balaban J connectivity index is 1.80. The largest absolute Gasteiger partial charge is 0.346 e. The summed E-state index contributed by atoms with van der Waals surface area (Å²) in [6.07, 6.45) is 1.67. The van der Waals surface area contributed by atoms with Crippen LogP contribution in [-0.4, -0.2) is 19.3 Å². The van der Waals surface area contributed by atoms with Crippen LogP contribution in [0.15, 0.2) is 65.7 Å². The summed E-state index contributed by atoms with van der Waals surface area (Å²) in [5.41, 5.74) is 4.24. The maximum Gasteiger partial charge on any atom is 0.261 e. The fraction of sp³-hybridized carbons (Fsp3) is 0.182. The predicted octanol–water partition coefficient (Wildman–Crippen LogP) is 3.74. The molecule has 2 aromatic carbocycles. The van der Waals surface area contributed by atoms with E-state index in [1.165, 1.54) is 12.1 Å². The van der Waals surface area contributed by atoms with Gasteiger partial charge in [-0.1, -0.05) is 29.8 Å². The Morgan fingerprint density at radius 2 is 1.69 bits per heavy atom. The van der Waals surface area contributed by atoms with Crippen molar-refractivity contribution in [1.29, 1.82) is 0 Å². The lowest BCUT2D eigenvalue weighted by molar-refractivity contribution is 0.0949.